The highest BCUT2D eigenvalue weighted by Gasteiger charge is 2.37. The average Bonchev–Trinajstić information content (AvgIpc) is 3.89. The second kappa shape index (κ2) is 11.5. The zero-order chi connectivity index (χ0) is 32.4. The normalized spacial score (nSPS) is 27.3. The maximum atomic E-state index is 12.9. The summed E-state index contributed by atoms with van der Waals surface area (Å²) in [5.41, 5.74) is 1.85. The molecule has 0 amide bonds. The molecule has 3 aliphatic rings. The molecule has 0 bridgehead atoms. The molecule has 5 aromatic rings. The number of aliphatic hydroxyl groups excluding tert-OH is 4. The summed E-state index contributed by atoms with van der Waals surface area (Å²) in [5, 5.41) is 45.9. The highest BCUT2D eigenvalue weighted by molar-refractivity contribution is 5.71. The van der Waals surface area contributed by atoms with Gasteiger partial charge in [-0.15, -0.1) is 0 Å². The van der Waals surface area contributed by atoms with Crippen molar-refractivity contribution in [2.75, 3.05) is 23.8 Å². The molecule has 3 aliphatic heterocycles. The summed E-state index contributed by atoms with van der Waals surface area (Å²) in [6.45, 7) is 0.384. The molecule has 2 saturated heterocycles. The Morgan fingerprint density at radius 3 is 2.02 bits per heavy atom. The van der Waals surface area contributed by atoms with Crippen LogP contribution in [0.3, 0.4) is 0 Å². The molecule has 2 fully saturated rings. The highest BCUT2D eigenvalue weighted by atomic mass is 16.5. The molecule has 19 nitrogen and oxygen atoms in total. The number of hydrogen-bond donors (Lipinski definition) is 8. The Morgan fingerprint density at radius 1 is 0.872 bits per heavy atom. The van der Waals surface area contributed by atoms with Gasteiger partial charge in [0.25, 0.3) is 11.1 Å². The van der Waals surface area contributed by atoms with Crippen LogP contribution in [0.5, 0.6) is 0 Å². The predicted molar refractivity (Wildman–Crippen MR) is 162 cm³/mol. The van der Waals surface area contributed by atoms with E-state index < -0.39 is 48.0 Å². The monoisotopic (exact) mass is 651 g/mol. The minimum atomic E-state index is -0.854. The smallest absolute Gasteiger partial charge is 0.280 e. The minimum absolute atomic E-state index is 0.124. The Morgan fingerprint density at radius 2 is 1.45 bits per heavy atom. The molecular formula is C28H33N11O8. The van der Waals surface area contributed by atoms with E-state index in [0.717, 1.165) is 24.2 Å². The highest BCUT2D eigenvalue weighted by Crippen LogP contribution is 2.34. The second-order valence-electron chi connectivity index (χ2n) is 12.0. The van der Waals surface area contributed by atoms with E-state index >= 15 is 0 Å². The minimum Gasteiger partial charge on any atom is -0.394 e. The number of aliphatic hydroxyl groups is 4. The quantitative estimate of drug-likeness (QED) is 0.0932. The van der Waals surface area contributed by atoms with Crippen LogP contribution >= 0.6 is 0 Å². The fourth-order valence-electron chi connectivity index (χ4n) is 6.71. The number of nitrogens with one attached hydrogen (secondary N) is 4. The van der Waals surface area contributed by atoms with Crippen molar-refractivity contribution in [1.82, 2.24) is 43.6 Å². The van der Waals surface area contributed by atoms with E-state index in [9.17, 15) is 30.0 Å². The molecule has 1 unspecified atom stereocenters. The molecule has 0 spiro atoms. The fraction of sp³-hybridized carbons (Fsp3) is 0.500. The third-order valence-corrected chi connectivity index (χ3v) is 9.09. The third-order valence-electron chi connectivity index (χ3n) is 9.09. The fourth-order valence-corrected chi connectivity index (χ4v) is 6.71. The molecule has 5 aromatic heterocycles. The molecule has 248 valence electrons. The Balaban J connectivity index is 1.02. The zero-order valence-corrected chi connectivity index (χ0v) is 24.9. The van der Waals surface area contributed by atoms with Gasteiger partial charge in [0, 0.05) is 37.8 Å². The van der Waals surface area contributed by atoms with Crippen LogP contribution < -0.4 is 21.8 Å². The van der Waals surface area contributed by atoms with Crippen molar-refractivity contribution in [3.8, 4) is 0 Å². The van der Waals surface area contributed by atoms with E-state index in [4.69, 9.17) is 9.47 Å². The van der Waals surface area contributed by atoms with Gasteiger partial charge < -0.3 is 45.1 Å². The number of aromatic amines is 2. The molecule has 0 saturated carbocycles. The van der Waals surface area contributed by atoms with Crippen LogP contribution in [0.1, 0.15) is 49.0 Å². The number of aromatic nitrogens is 9. The number of ether oxygens (including phenoxy) is 2. The standard InChI is InChI=1S/C28H33N11O8/c40-8-16-14(42)5-18(46-16)38-10-30-20-23(38)33-27(35-25(20)44)29-7-12-1-3-37-4-2-13(22(12)37)32-28-34-24-21(26(45)36-28)31-11-39(24)19-6-15(43)17(9-41)47-19/h1,3,10-11,13-19,40-43H,2,4-9H2,(H2,29,33,35,44)(H2,32,34,36,45)/t13?,14-,15-,16+,17+,18+,19+/m0/s1. The number of rotatable bonds is 9. The number of anilines is 2. The molecule has 8 heterocycles. The van der Waals surface area contributed by atoms with E-state index in [1.54, 1.807) is 9.13 Å². The molecule has 7 atom stereocenters. The van der Waals surface area contributed by atoms with E-state index in [-0.39, 0.29) is 66.3 Å². The number of imidazole rings is 2. The summed E-state index contributed by atoms with van der Waals surface area (Å²) in [6, 6.07) is 1.76. The maximum Gasteiger partial charge on any atom is 0.280 e. The molecular weight excluding hydrogens is 618 g/mol. The van der Waals surface area contributed by atoms with Crippen LogP contribution in [0.4, 0.5) is 11.9 Å². The van der Waals surface area contributed by atoms with Crippen LogP contribution in [-0.2, 0) is 22.6 Å². The third kappa shape index (κ3) is 5.07. The Bertz CT molecular complexity index is 2070. The first-order valence-corrected chi connectivity index (χ1v) is 15.3. The van der Waals surface area contributed by atoms with Gasteiger partial charge in [-0.2, -0.15) is 9.97 Å². The first kappa shape index (κ1) is 29.7. The van der Waals surface area contributed by atoms with Gasteiger partial charge >= 0.3 is 0 Å². The summed E-state index contributed by atoms with van der Waals surface area (Å²) in [5.74, 6) is 0.462. The SMILES string of the molecule is O=c1[nH]c(NCc2ccn3c2C(Nc2nc4c(ncn4[C@H]4C[C@H](O)[C@@H](CO)O4)c(=O)[nH]2)CC3)nc2c1ncn2[C@H]1C[C@H](O)[C@@H](CO)O1. The van der Waals surface area contributed by atoms with E-state index in [0.29, 0.717) is 6.54 Å². The Labute approximate surface area is 263 Å². The number of H-pyrrole nitrogens is 2. The molecule has 47 heavy (non-hydrogen) atoms. The summed E-state index contributed by atoms with van der Waals surface area (Å²) in [4.78, 5) is 48.8. The zero-order valence-electron chi connectivity index (χ0n) is 24.9. The Kier molecular flexibility index (Phi) is 7.30. The average molecular weight is 652 g/mol. The second-order valence-corrected chi connectivity index (χ2v) is 12.0. The molecule has 8 rings (SSSR count). The predicted octanol–water partition coefficient (Wildman–Crippen LogP) is -1.20. The Hall–Kier alpha value is -4.66. The summed E-state index contributed by atoms with van der Waals surface area (Å²) in [7, 11) is 0. The van der Waals surface area contributed by atoms with Gasteiger partial charge in [-0.05, 0) is 18.1 Å². The molecule has 0 aliphatic carbocycles. The van der Waals surface area contributed by atoms with Crippen molar-refractivity contribution >= 4 is 34.2 Å². The van der Waals surface area contributed by atoms with Gasteiger partial charge in [0.15, 0.2) is 22.3 Å². The lowest BCUT2D eigenvalue weighted by molar-refractivity contribution is -0.0432. The van der Waals surface area contributed by atoms with Gasteiger partial charge in [-0.1, -0.05) is 0 Å². The number of nitrogens with zero attached hydrogens (tertiary/aromatic N) is 7. The first-order chi connectivity index (χ1) is 22.8. The van der Waals surface area contributed by atoms with Crippen LogP contribution in [0, 0.1) is 0 Å². The number of hydrogen-bond acceptors (Lipinski definition) is 14. The molecule has 19 heteroatoms. The topological polar surface area (TPSA) is 256 Å². The lowest BCUT2D eigenvalue weighted by Gasteiger charge is -2.17. The van der Waals surface area contributed by atoms with E-state index in [1.807, 2.05) is 12.3 Å². The van der Waals surface area contributed by atoms with Gasteiger partial charge in [0.05, 0.1) is 44.1 Å². The molecule has 0 radical (unpaired) electrons. The molecule has 8 N–H and O–H groups in total. The van der Waals surface area contributed by atoms with Crippen LogP contribution in [0.25, 0.3) is 22.3 Å². The largest absolute Gasteiger partial charge is 0.394 e. The van der Waals surface area contributed by atoms with Crippen molar-refractivity contribution in [2.45, 2.75) is 75.3 Å². The summed E-state index contributed by atoms with van der Waals surface area (Å²) in [6.07, 6.45) is 1.56. The van der Waals surface area contributed by atoms with E-state index in [2.05, 4.69) is 45.1 Å². The van der Waals surface area contributed by atoms with E-state index in [1.165, 1.54) is 12.7 Å². The van der Waals surface area contributed by atoms with Gasteiger partial charge in [-0.25, -0.2) is 9.97 Å². The van der Waals surface area contributed by atoms with Crippen LogP contribution in [0.2, 0.25) is 0 Å². The number of aryl methyl sites for hydroxylation is 1. The van der Waals surface area contributed by atoms with Crippen molar-refractivity contribution in [3.05, 3.63) is 56.9 Å². The van der Waals surface area contributed by atoms with Crippen molar-refractivity contribution in [2.24, 2.45) is 0 Å². The summed E-state index contributed by atoms with van der Waals surface area (Å²) < 4.78 is 16.8. The first-order valence-electron chi connectivity index (χ1n) is 15.3. The lowest BCUT2D eigenvalue weighted by atomic mass is 10.1. The lowest BCUT2D eigenvalue weighted by Crippen LogP contribution is -2.24. The maximum absolute atomic E-state index is 12.9. The molecule has 0 aromatic carbocycles. The van der Waals surface area contributed by atoms with Crippen LogP contribution in [-0.4, -0.2) is 102 Å². The number of fused-ring (bicyclic) bond motifs is 3. The summed E-state index contributed by atoms with van der Waals surface area (Å²) >= 11 is 0. The van der Waals surface area contributed by atoms with Gasteiger partial charge in [0.1, 0.15) is 24.7 Å². The van der Waals surface area contributed by atoms with Crippen molar-refractivity contribution < 1.29 is 29.9 Å². The van der Waals surface area contributed by atoms with Crippen LogP contribution in [0.15, 0.2) is 34.5 Å². The van der Waals surface area contributed by atoms with Crippen molar-refractivity contribution in [3.63, 3.8) is 0 Å². The van der Waals surface area contributed by atoms with Crippen molar-refractivity contribution in [1.29, 1.82) is 0 Å². The van der Waals surface area contributed by atoms with Gasteiger partial charge in [-0.3, -0.25) is 28.7 Å². The van der Waals surface area contributed by atoms with Gasteiger partial charge in [0.2, 0.25) is 11.9 Å².